The molecule has 0 saturated heterocycles. The van der Waals surface area contributed by atoms with Gasteiger partial charge in [-0.2, -0.15) is 5.10 Å². The highest BCUT2D eigenvalue weighted by molar-refractivity contribution is 7.12. The number of H-pyrrole nitrogens is 1. The van der Waals surface area contributed by atoms with Gasteiger partial charge in [0.15, 0.2) is 0 Å². The van der Waals surface area contributed by atoms with E-state index in [1.807, 2.05) is 41.8 Å². The van der Waals surface area contributed by atoms with Crippen LogP contribution in [0.4, 0.5) is 5.69 Å². The number of methoxy groups -OCH3 is 1. The first kappa shape index (κ1) is 16.3. The van der Waals surface area contributed by atoms with Crippen molar-refractivity contribution in [1.82, 2.24) is 10.2 Å². The van der Waals surface area contributed by atoms with E-state index in [9.17, 15) is 4.79 Å². The largest absolute Gasteiger partial charge is 0.497 e. The maximum atomic E-state index is 12.5. The maximum Gasteiger partial charge on any atom is 0.265 e. The molecule has 2 N–H and O–H groups in total. The third-order valence-corrected chi connectivity index (χ3v) is 4.54. The highest BCUT2D eigenvalue weighted by Crippen LogP contribution is 2.32. The number of aryl methyl sites for hydroxylation is 1. The number of thiophene rings is 1. The summed E-state index contributed by atoms with van der Waals surface area (Å²) in [6.07, 6.45) is 1.78. The Balaban J connectivity index is 1.98. The maximum absolute atomic E-state index is 12.5. The molecule has 3 rings (SSSR count). The zero-order chi connectivity index (χ0) is 16.9. The SMILES string of the molecule is CCCc1[nH]nc(-c2cccc(OC)c2)c1NC(=O)c1cccs1. The van der Waals surface area contributed by atoms with E-state index in [4.69, 9.17) is 4.74 Å². The van der Waals surface area contributed by atoms with E-state index in [1.165, 1.54) is 11.3 Å². The second kappa shape index (κ2) is 7.31. The molecule has 0 aliphatic carbocycles. The molecule has 2 heterocycles. The molecule has 1 amide bonds. The van der Waals surface area contributed by atoms with Crippen molar-refractivity contribution in [1.29, 1.82) is 0 Å². The number of nitrogens with zero attached hydrogens (tertiary/aromatic N) is 1. The van der Waals surface area contributed by atoms with Gasteiger partial charge in [-0.25, -0.2) is 0 Å². The van der Waals surface area contributed by atoms with Gasteiger partial charge in [-0.05, 0) is 30.0 Å². The minimum Gasteiger partial charge on any atom is -0.497 e. The number of carbonyl (C=O) groups is 1. The summed E-state index contributed by atoms with van der Waals surface area (Å²) in [4.78, 5) is 13.1. The first-order chi connectivity index (χ1) is 11.7. The predicted molar refractivity (Wildman–Crippen MR) is 96.8 cm³/mol. The Kier molecular flexibility index (Phi) is 4.96. The lowest BCUT2D eigenvalue weighted by atomic mass is 10.1. The summed E-state index contributed by atoms with van der Waals surface area (Å²) in [5.74, 6) is 0.635. The number of amides is 1. The summed E-state index contributed by atoms with van der Waals surface area (Å²) in [6, 6.07) is 11.3. The van der Waals surface area contributed by atoms with Crippen molar-refractivity contribution < 1.29 is 9.53 Å². The Morgan fingerprint density at radius 3 is 2.92 bits per heavy atom. The van der Waals surface area contributed by atoms with Crippen LogP contribution in [0, 0.1) is 0 Å². The van der Waals surface area contributed by atoms with Crippen molar-refractivity contribution in [3.8, 4) is 17.0 Å². The fourth-order valence-corrected chi connectivity index (χ4v) is 3.12. The molecule has 1 aromatic carbocycles. The molecular weight excluding hydrogens is 322 g/mol. The number of benzene rings is 1. The summed E-state index contributed by atoms with van der Waals surface area (Å²) in [7, 11) is 1.63. The van der Waals surface area contributed by atoms with E-state index in [1.54, 1.807) is 7.11 Å². The van der Waals surface area contributed by atoms with Gasteiger partial charge >= 0.3 is 0 Å². The van der Waals surface area contributed by atoms with Gasteiger partial charge in [0.1, 0.15) is 11.4 Å². The number of rotatable bonds is 6. The number of ether oxygens (including phenoxy) is 1. The molecule has 0 aliphatic heterocycles. The van der Waals surface area contributed by atoms with Gasteiger partial charge in [0.2, 0.25) is 0 Å². The molecule has 0 unspecified atom stereocenters. The van der Waals surface area contributed by atoms with Crippen molar-refractivity contribution >= 4 is 22.9 Å². The molecule has 24 heavy (non-hydrogen) atoms. The number of aromatic nitrogens is 2. The molecule has 0 radical (unpaired) electrons. The number of aromatic amines is 1. The van der Waals surface area contributed by atoms with E-state index >= 15 is 0 Å². The van der Waals surface area contributed by atoms with E-state index in [-0.39, 0.29) is 5.91 Å². The van der Waals surface area contributed by atoms with Gasteiger partial charge < -0.3 is 10.1 Å². The van der Waals surface area contributed by atoms with Crippen LogP contribution < -0.4 is 10.1 Å². The minimum absolute atomic E-state index is 0.118. The third kappa shape index (κ3) is 3.33. The Morgan fingerprint density at radius 2 is 2.21 bits per heavy atom. The Hall–Kier alpha value is -2.60. The van der Waals surface area contributed by atoms with Gasteiger partial charge in [-0.15, -0.1) is 11.3 Å². The van der Waals surface area contributed by atoms with Gasteiger partial charge in [-0.1, -0.05) is 31.5 Å². The van der Waals surface area contributed by atoms with E-state index < -0.39 is 0 Å². The van der Waals surface area contributed by atoms with Gasteiger partial charge in [0.25, 0.3) is 5.91 Å². The smallest absolute Gasteiger partial charge is 0.265 e. The summed E-state index contributed by atoms with van der Waals surface area (Å²) >= 11 is 1.42. The number of nitrogens with one attached hydrogen (secondary N) is 2. The third-order valence-electron chi connectivity index (χ3n) is 3.67. The lowest BCUT2D eigenvalue weighted by Gasteiger charge is -2.08. The number of carbonyl (C=O) groups excluding carboxylic acids is 1. The second-order valence-electron chi connectivity index (χ2n) is 5.34. The molecule has 0 atom stereocenters. The molecule has 0 saturated carbocycles. The molecule has 2 aromatic heterocycles. The summed E-state index contributed by atoms with van der Waals surface area (Å²) in [5.41, 5.74) is 3.29. The van der Waals surface area contributed by atoms with Crippen LogP contribution >= 0.6 is 11.3 Å². The molecule has 124 valence electrons. The zero-order valence-electron chi connectivity index (χ0n) is 13.6. The van der Waals surface area contributed by atoms with Gasteiger partial charge in [-0.3, -0.25) is 9.89 Å². The lowest BCUT2D eigenvalue weighted by Crippen LogP contribution is -2.12. The van der Waals surface area contributed by atoms with Crippen LogP contribution in [-0.2, 0) is 6.42 Å². The summed E-state index contributed by atoms with van der Waals surface area (Å²) in [5, 5.41) is 12.4. The molecule has 0 aliphatic rings. The normalized spacial score (nSPS) is 10.6. The fraction of sp³-hybridized carbons (Fsp3) is 0.222. The van der Waals surface area contributed by atoms with Crippen LogP contribution in [0.1, 0.15) is 28.7 Å². The van der Waals surface area contributed by atoms with Gasteiger partial charge in [0.05, 0.1) is 23.4 Å². The van der Waals surface area contributed by atoms with Crippen molar-refractivity contribution in [2.24, 2.45) is 0 Å². The number of hydrogen-bond acceptors (Lipinski definition) is 4. The molecule has 0 fully saturated rings. The average molecular weight is 341 g/mol. The molecule has 5 nitrogen and oxygen atoms in total. The first-order valence-electron chi connectivity index (χ1n) is 7.79. The number of anilines is 1. The van der Waals surface area contributed by atoms with Crippen molar-refractivity contribution in [3.63, 3.8) is 0 Å². The first-order valence-corrected chi connectivity index (χ1v) is 8.67. The Labute approximate surface area is 144 Å². The van der Waals surface area contributed by atoms with E-state index in [0.29, 0.717) is 4.88 Å². The molecule has 3 aromatic rings. The Bertz CT molecular complexity index is 825. The lowest BCUT2D eigenvalue weighted by molar-refractivity contribution is 0.103. The van der Waals surface area contributed by atoms with Crippen molar-refractivity contribution in [2.75, 3.05) is 12.4 Å². The van der Waals surface area contributed by atoms with Gasteiger partial charge in [0, 0.05) is 5.56 Å². The predicted octanol–water partition coefficient (Wildman–Crippen LogP) is 4.35. The van der Waals surface area contributed by atoms with Crippen LogP contribution in [-0.4, -0.2) is 23.2 Å². The van der Waals surface area contributed by atoms with Crippen molar-refractivity contribution in [3.05, 3.63) is 52.3 Å². The van der Waals surface area contributed by atoms with Crippen LogP contribution in [0.2, 0.25) is 0 Å². The standard InChI is InChI=1S/C18H19N3O2S/c1-3-6-14-17(19-18(22)15-9-5-10-24-15)16(21-20-14)12-7-4-8-13(11-12)23-2/h4-5,7-11H,3,6H2,1-2H3,(H,19,22)(H,20,21). The quantitative estimate of drug-likeness (QED) is 0.700. The second-order valence-corrected chi connectivity index (χ2v) is 6.29. The molecule has 0 spiro atoms. The highest BCUT2D eigenvalue weighted by atomic mass is 32.1. The fourth-order valence-electron chi connectivity index (χ4n) is 2.51. The molecule has 0 bridgehead atoms. The number of hydrogen-bond donors (Lipinski definition) is 2. The zero-order valence-corrected chi connectivity index (χ0v) is 14.4. The highest BCUT2D eigenvalue weighted by Gasteiger charge is 2.18. The van der Waals surface area contributed by atoms with Crippen LogP contribution in [0.3, 0.4) is 0 Å². The minimum atomic E-state index is -0.118. The van der Waals surface area contributed by atoms with Crippen LogP contribution in [0.15, 0.2) is 41.8 Å². The van der Waals surface area contributed by atoms with E-state index in [0.717, 1.165) is 41.2 Å². The topological polar surface area (TPSA) is 67.0 Å². The van der Waals surface area contributed by atoms with Crippen LogP contribution in [0.25, 0.3) is 11.3 Å². The summed E-state index contributed by atoms with van der Waals surface area (Å²) < 4.78 is 5.29. The summed E-state index contributed by atoms with van der Waals surface area (Å²) in [6.45, 7) is 2.09. The average Bonchev–Trinajstić information content (AvgIpc) is 3.26. The van der Waals surface area contributed by atoms with E-state index in [2.05, 4.69) is 22.4 Å². The molecular formula is C18H19N3O2S. The Morgan fingerprint density at radius 1 is 1.33 bits per heavy atom. The molecule has 6 heteroatoms. The van der Waals surface area contributed by atoms with Crippen LogP contribution in [0.5, 0.6) is 5.75 Å². The monoisotopic (exact) mass is 341 g/mol. The van der Waals surface area contributed by atoms with Crippen molar-refractivity contribution in [2.45, 2.75) is 19.8 Å².